The van der Waals surface area contributed by atoms with Crippen molar-refractivity contribution in [3.8, 4) is 0 Å². The van der Waals surface area contributed by atoms with Gasteiger partial charge in [-0.2, -0.15) is 0 Å². The van der Waals surface area contributed by atoms with Crippen LogP contribution in [0.4, 0.5) is 4.39 Å². The van der Waals surface area contributed by atoms with Gasteiger partial charge in [-0.25, -0.2) is 9.18 Å². The number of oxime groups is 1. The van der Waals surface area contributed by atoms with Gasteiger partial charge >= 0.3 is 5.97 Å². The standard InChI is InChI=1S/C11H9BrFNO3/c1-11(10(15)16)5-9(14-17-11)7-3-2-6(13)4-8(7)12/h2-4H,5H2,1H3,(H,15,16). The molecule has 1 atom stereocenters. The average molecular weight is 302 g/mol. The maximum atomic E-state index is 12.9. The third kappa shape index (κ3) is 2.17. The zero-order valence-electron chi connectivity index (χ0n) is 8.91. The second kappa shape index (κ2) is 4.10. The lowest BCUT2D eigenvalue weighted by molar-refractivity contribution is -0.160. The number of carboxylic acid groups (broad SMARTS) is 1. The van der Waals surface area contributed by atoms with Gasteiger partial charge in [-0.05, 0) is 25.1 Å². The van der Waals surface area contributed by atoms with Crippen LogP contribution in [0, 0.1) is 5.82 Å². The van der Waals surface area contributed by atoms with Crippen molar-refractivity contribution in [2.75, 3.05) is 0 Å². The zero-order valence-corrected chi connectivity index (χ0v) is 10.5. The summed E-state index contributed by atoms with van der Waals surface area (Å²) >= 11 is 3.21. The highest BCUT2D eigenvalue weighted by atomic mass is 79.9. The second-order valence-electron chi connectivity index (χ2n) is 3.97. The molecule has 1 aliphatic heterocycles. The molecule has 1 heterocycles. The number of benzene rings is 1. The molecule has 0 spiro atoms. The largest absolute Gasteiger partial charge is 0.478 e. The Morgan fingerprint density at radius 2 is 2.35 bits per heavy atom. The van der Waals surface area contributed by atoms with Crippen molar-refractivity contribution in [2.45, 2.75) is 18.9 Å². The van der Waals surface area contributed by atoms with Crippen LogP contribution in [0.5, 0.6) is 0 Å². The molecule has 2 rings (SSSR count). The molecule has 0 aliphatic carbocycles. The van der Waals surface area contributed by atoms with E-state index < -0.39 is 11.6 Å². The molecule has 1 N–H and O–H groups in total. The average Bonchev–Trinajstić information content (AvgIpc) is 2.62. The Morgan fingerprint density at radius 1 is 1.65 bits per heavy atom. The van der Waals surface area contributed by atoms with E-state index in [9.17, 15) is 9.18 Å². The van der Waals surface area contributed by atoms with E-state index in [1.165, 1.54) is 25.1 Å². The predicted molar refractivity (Wildman–Crippen MR) is 62.4 cm³/mol. The minimum Gasteiger partial charge on any atom is -0.478 e. The highest BCUT2D eigenvalue weighted by Gasteiger charge is 2.42. The molecule has 0 fully saturated rings. The van der Waals surface area contributed by atoms with Gasteiger partial charge in [0, 0.05) is 16.5 Å². The molecule has 0 saturated heterocycles. The van der Waals surface area contributed by atoms with Gasteiger partial charge < -0.3 is 9.94 Å². The molecule has 0 radical (unpaired) electrons. The molecule has 1 unspecified atom stereocenters. The first-order valence-corrected chi connectivity index (χ1v) is 5.65. The van der Waals surface area contributed by atoms with Gasteiger partial charge in [0.2, 0.25) is 5.60 Å². The number of hydrogen-bond acceptors (Lipinski definition) is 3. The van der Waals surface area contributed by atoms with E-state index in [1.807, 2.05) is 0 Å². The number of halogens is 2. The maximum Gasteiger partial charge on any atom is 0.351 e. The van der Waals surface area contributed by atoms with Gasteiger partial charge in [0.15, 0.2) is 0 Å². The topological polar surface area (TPSA) is 58.9 Å². The van der Waals surface area contributed by atoms with Crippen molar-refractivity contribution in [2.24, 2.45) is 5.16 Å². The van der Waals surface area contributed by atoms with Crippen LogP contribution in [0.3, 0.4) is 0 Å². The number of carbonyl (C=O) groups is 1. The molecular formula is C11H9BrFNO3. The van der Waals surface area contributed by atoms with E-state index in [-0.39, 0.29) is 12.2 Å². The number of aliphatic carboxylic acids is 1. The van der Waals surface area contributed by atoms with Crippen LogP contribution >= 0.6 is 15.9 Å². The molecule has 6 heteroatoms. The van der Waals surface area contributed by atoms with Crippen molar-refractivity contribution in [1.29, 1.82) is 0 Å². The fourth-order valence-corrected chi connectivity index (χ4v) is 2.10. The summed E-state index contributed by atoms with van der Waals surface area (Å²) < 4.78 is 13.4. The molecule has 1 aromatic carbocycles. The molecular weight excluding hydrogens is 293 g/mol. The Morgan fingerprint density at radius 3 is 2.88 bits per heavy atom. The van der Waals surface area contributed by atoms with E-state index in [1.54, 1.807) is 0 Å². The third-order valence-corrected chi connectivity index (χ3v) is 3.21. The van der Waals surface area contributed by atoms with Crippen LogP contribution in [0.25, 0.3) is 0 Å². The number of rotatable bonds is 2. The van der Waals surface area contributed by atoms with Crippen molar-refractivity contribution < 1.29 is 19.1 Å². The Balaban J connectivity index is 2.29. The van der Waals surface area contributed by atoms with Gasteiger partial charge in [0.25, 0.3) is 0 Å². The minimum absolute atomic E-state index is 0.145. The van der Waals surface area contributed by atoms with Crippen molar-refractivity contribution >= 4 is 27.6 Å². The third-order valence-electron chi connectivity index (χ3n) is 2.56. The summed E-state index contributed by atoms with van der Waals surface area (Å²) in [5.74, 6) is -1.45. The van der Waals surface area contributed by atoms with Crippen LogP contribution in [-0.4, -0.2) is 22.4 Å². The molecule has 4 nitrogen and oxygen atoms in total. The Labute approximate surface area is 105 Å². The molecule has 0 aromatic heterocycles. The van der Waals surface area contributed by atoms with Crippen molar-refractivity contribution in [3.63, 3.8) is 0 Å². The minimum atomic E-state index is -1.34. The molecule has 0 amide bonds. The van der Waals surface area contributed by atoms with Crippen LogP contribution < -0.4 is 0 Å². The van der Waals surface area contributed by atoms with E-state index in [0.717, 1.165) is 0 Å². The van der Waals surface area contributed by atoms with Crippen LogP contribution in [0.15, 0.2) is 27.8 Å². The molecule has 1 aliphatic rings. The SMILES string of the molecule is CC1(C(=O)O)CC(c2ccc(F)cc2Br)=NO1. The Hall–Kier alpha value is -1.43. The van der Waals surface area contributed by atoms with E-state index in [4.69, 9.17) is 9.94 Å². The van der Waals surface area contributed by atoms with Crippen LogP contribution in [-0.2, 0) is 9.63 Å². The molecule has 17 heavy (non-hydrogen) atoms. The lowest BCUT2D eigenvalue weighted by atomic mass is 9.96. The van der Waals surface area contributed by atoms with E-state index in [2.05, 4.69) is 21.1 Å². The van der Waals surface area contributed by atoms with Crippen molar-refractivity contribution in [1.82, 2.24) is 0 Å². The first kappa shape index (κ1) is 12.0. The highest BCUT2D eigenvalue weighted by molar-refractivity contribution is 9.10. The summed E-state index contributed by atoms with van der Waals surface area (Å²) in [7, 11) is 0. The van der Waals surface area contributed by atoms with Crippen LogP contribution in [0.2, 0.25) is 0 Å². The van der Waals surface area contributed by atoms with Gasteiger partial charge in [0.1, 0.15) is 5.82 Å². The summed E-state index contributed by atoms with van der Waals surface area (Å²) in [6.45, 7) is 1.45. The lowest BCUT2D eigenvalue weighted by Crippen LogP contribution is -2.35. The molecule has 0 saturated carbocycles. The van der Waals surface area contributed by atoms with Gasteiger partial charge in [-0.15, -0.1) is 0 Å². The fourth-order valence-electron chi connectivity index (χ4n) is 1.52. The molecule has 1 aromatic rings. The zero-order chi connectivity index (χ0) is 12.6. The summed E-state index contributed by atoms with van der Waals surface area (Å²) in [6, 6.07) is 4.13. The first-order chi connectivity index (χ1) is 7.92. The van der Waals surface area contributed by atoms with Crippen molar-refractivity contribution in [3.05, 3.63) is 34.1 Å². The van der Waals surface area contributed by atoms with Gasteiger partial charge in [-0.3, -0.25) is 0 Å². The summed E-state index contributed by atoms with van der Waals surface area (Å²) in [4.78, 5) is 15.9. The van der Waals surface area contributed by atoms with Gasteiger partial charge in [-0.1, -0.05) is 21.1 Å². The Kier molecular flexibility index (Phi) is 2.91. The summed E-state index contributed by atoms with van der Waals surface area (Å²) in [5, 5.41) is 12.7. The molecule has 0 bridgehead atoms. The first-order valence-electron chi connectivity index (χ1n) is 4.86. The fraction of sp³-hybridized carbons (Fsp3) is 0.273. The monoisotopic (exact) mass is 301 g/mol. The van der Waals surface area contributed by atoms with E-state index >= 15 is 0 Å². The van der Waals surface area contributed by atoms with Crippen LogP contribution in [0.1, 0.15) is 18.9 Å². The number of hydrogen-bond donors (Lipinski definition) is 1. The summed E-state index contributed by atoms with van der Waals surface area (Å²) in [6.07, 6.45) is 0.145. The Bertz CT molecular complexity index is 517. The van der Waals surface area contributed by atoms with E-state index in [0.29, 0.717) is 15.7 Å². The highest BCUT2D eigenvalue weighted by Crippen LogP contribution is 2.29. The smallest absolute Gasteiger partial charge is 0.351 e. The quantitative estimate of drug-likeness (QED) is 0.913. The maximum absolute atomic E-state index is 12.9. The lowest BCUT2D eigenvalue weighted by Gasteiger charge is -2.14. The number of nitrogens with zero attached hydrogens (tertiary/aromatic N) is 1. The number of carboxylic acids is 1. The van der Waals surface area contributed by atoms with Gasteiger partial charge in [0.05, 0.1) is 5.71 Å². The summed E-state index contributed by atoms with van der Waals surface area (Å²) in [5.41, 5.74) is -0.221. The molecule has 90 valence electrons. The predicted octanol–water partition coefficient (Wildman–Crippen LogP) is 2.56. The normalized spacial score (nSPS) is 23.1. The second-order valence-corrected chi connectivity index (χ2v) is 4.82.